The lowest BCUT2D eigenvalue weighted by molar-refractivity contribution is 0.457. The second kappa shape index (κ2) is 5.02. The van der Waals surface area contributed by atoms with Gasteiger partial charge in [0.15, 0.2) is 0 Å². The van der Waals surface area contributed by atoms with Crippen molar-refractivity contribution in [1.82, 2.24) is 9.97 Å². The van der Waals surface area contributed by atoms with E-state index in [1.165, 1.54) is 30.4 Å². The molecule has 2 aliphatic carbocycles. The fourth-order valence-electron chi connectivity index (χ4n) is 2.93. The molecule has 4 heteroatoms. The maximum Gasteiger partial charge on any atom is 0.224 e. The summed E-state index contributed by atoms with van der Waals surface area (Å²) < 4.78 is 5.91. The molecule has 108 valence electrons. The molecule has 4 rings (SSSR count). The summed E-state index contributed by atoms with van der Waals surface area (Å²) in [4.78, 5) is 8.78. The van der Waals surface area contributed by atoms with Crippen LogP contribution in [0.1, 0.15) is 48.6 Å². The van der Waals surface area contributed by atoms with Crippen molar-refractivity contribution in [2.45, 2.75) is 44.4 Å². The lowest BCUT2D eigenvalue weighted by atomic mass is 9.92. The number of anilines is 1. The van der Waals surface area contributed by atoms with Crippen LogP contribution in [0.5, 0.6) is 11.6 Å². The van der Waals surface area contributed by atoms with Gasteiger partial charge in [0.05, 0.1) is 0 Å². The highest BCUT2D eigenvalue weighted by atomic mass is 16.5. The number of ether oxygens (including phenoxy) is 1. The first kappa shape index (κ1) is 12.6. The summed E-state index contributed by atoms with van der Waals surface area (Å²) in [6, 6.07) is 8.05. The molecule has 21 heavy (non-hydrogen) atoms. The first-order chi connectivity index (χ1) is 10.3. The molecule has 1 heterocycles. The van der Waals surface area contributed by atoms with Crippen molar-refractivity contribution in [3.8, 4) is 11.6 Å². The predicted molar refractivity (Wildman–Crippen MR) is 81.6 cm³/mol. The van der Waals surface area contributed by atoms with Gasteiger partial charge in [0.25, 0.3) is 0 Å². The van der Waals surface area contributed by atoms with E-state index in [-0.39, 0.29) is 0 Å². The van der Waals surface area contributed by atoms with E-state index in [0.29, 0.717) is 17.6 Å². The van der Waals surface area contributed by atoms with E-state index in [1.807, 2.05) is 6.07 Å². The molecule has 1 fully saturated rings. The minimum absolute atomic E-state index is 0.472. The molecule has 0 atom stereocenters. The van der Waals surface area contributed by atoms with Crippen molar-refractivity contribution in [2.75, 3.05) is 5.73 Å². The third kappa shape index (κ3) is 2.71. The van der Waals surface area contributed by atoms with E-state index in [0.717, 1.165) is 30.8 Å². The topological polar surface area (TPSA) is 61.0 Å². The Hall–Kier alpha value is -2.10. The zero-order valence-corrected chi connectivity index (χ0v) is 12.0. The van der Waals surface area contributed by atoms with Crippen LogP contribution in [0.25, 0.3) is 0 Å². The monoisotopic (exact) mass is 281 g/mol. The van der Waals surface area contributed by atoms with Gasteiger partial charge in [-0.25, -0.2) is 4.98 Å². The van der Waals surface area contributed by atoms with E-state index in [2.05, 4.69) is 22.1 Å². The van der Waals surface area contributed by atoms with Crippen molar-refractivity contribution >= 4 is 5.82 Å². The second-order valence-electron chi connectivity index (χ2n) is 6.00. The first-order valence-corrected chi connectivity index (χ1v) is 7.72. The highest BCUT2D eigenvalue weighted by Gasteiger charge is 2.27. The smallest absolute Gasteiger partial charge is 0.224 e. The van der Waals surface area contributed by atoms with Gasteiger partial charge in [-0.1, -0.05) is 6.07 Å². The minimum atomic E-state index is 0.472. The van der Waals surface area contributed by atoms with Gasteiger partial charge in [-0.3, -0.25) is 0 Å². The molecule has 1 saturated carbocycles. The molecule has 2 aliphatic rings. The van der Waals surface area contributed by atoms with Gasteiger partial charge in [-0.05, 0) is 61.8 Å². The van der Waals surface area contributed by atoms with Crippen LogP contribution in [0.15, 0.2) is 24.3 Å². The van der Waals surface area contributed by atoms with Crippen LogP contribution in [0, 0.1) is 0 Å². The molecule has 0 amide bonds. The van der Waals surface area contributed by atoms with Gasteiger partial charge in [0, 0.05) is 12.0 Å². The van der Waals surface area contributed by atoms with E-state index in [9.17, 15) is 0 Å². The summed E-state index contributed by atoms with van der Waals surface area (Å²) in [6.45, 7) is 0. The standard InChI is InChI=1S/C17H19N3O/c18-15-10-16(20-17(19-15)12-5-6-12)21-14-8-7-11-3-1-2-4-13(11)9-14/h7-10,12H,1-6H2,(H2,18,19,20). The number of fused-ring (bicyclic) bond motifs is 1. The Kier molecular flexibility index (Phi) is 3.02. The molecule has 0 spiro atoms. The lowest BCUT2D eigenvalue weighted by Gasteiger charge is -2.16. The number of aromatic nitrogens is 2. The number of nitrogen functional groups attached to an aromatic ring is 1. The Morgan fingerprint density at radius 2 is 1.81 bits per heavy atom. The molecule has 4 nitrogen and oxygen atoms in total. The first-order valence-electron chi connectivity index (χ1n) is 7.72. The van der Waals surface area contributed by atoms with Gasteiger partial charge in [0.2, 0.25) is 5.88 Å². The fraction of sp³-hybridized carbons (Fsp3) is 0.412. The number of rotatable bonds is 3. The average Bonchev–Trinajstić information content (AvgIpc) is 3.31. The van der Waals surface area contributed by atoms with Gasteiger partial charge < -0.3 is 10.5 Å². The van der Waals surface area contributed by atoms with E-state index >= 15 is 0 Å². The largest absolute Gasteiger partial charge is 0.439 e. The fourth-order valence-corrected chi connectivity index (χ4v) is 2.93. The second-order valence-corrected chi connectivity index (χ2v) is 6.00. The van der Waals surface area contributed by atoms with E-state index in [4.69, 9.17) is 10.5 Å². The van der Waals surface area contributed by atoms with E-state index < -0.39 is 0 Å². The normalized spacial score (nSPS) is 17.3. The van der Waals surface area contributed by atoms with Gasteiger partial charge >= 0.3 is 0 Å². The third-order valence-corrected chi connectivity index (χ3v) is 4.22. The molecular formula is C17H19N3O. The lowest BCUT2D eigenvalue weighted by Crippen LogP contribution is -2.03. The zero-order chi connectivity index (χ0) is 14.2. The molecular weight excluding hydrogens is 262 g/mol. The van der Waals surface area contributed by atoms with Crippen LogP contribution in [0.2, 0.25) is 0 Å². The maximum absolute atomic E-state index is 5.91. The molecule has 0 bridgehead atoms. The number of hydrogen-bond acceptors (Lipinski definition) is 4. The summed E-state index contributed by atoms with van der Waals surface area (Å²) in [6.07, 6.45) is 7.19. The highest BCUT2D eigenvalue weighted by Crippen LogP contribution is 2.39. The number of nitrogens with two attached hydrogens (primary N) is 1. The quantitative estimate of drug-likeness (QED) is 0.933. The summed E-state index contributed by atoms with van der Waals surface area (Å²) in [7, 11) is 0. The van der Waals surface area contributed by atoms with Crippen LogP contribution in [0.3, 0.4) is 0 Å². The zero-order valence-electron chi connectivity index (χ0n) is 12.0. The van der Waals surface area contributed by atoms with Crippen molar-refractivity contribution in [3.63, 3.8) is 0 Å². The summed E-state index contributed by atoms with van der Waals surface area (Å²) in [5, 5.41) is 0. The predicted octanol–water partition coefficient (Wildman–Crippen LogP) is 3.61. The summed E-state index contributed by atoms with van der Waals surface area (Å²) in [5.41, 5.74) is 8.72. The van der Waals surface area contributed by atoms with Crippen LogP contribution < -0.4 is 10.5 Å². The molecule has 2 aromatic rings. The van der Waals surface area contributed by atoms with Crippen molar-refractivity contribution < 1.29 is 4.74 Å². The number of benzene rings is 1. The molecule has 0 saturated heterocycles. The Labute approximate surface area is 124 Å². The minimum Gasteiger partial charge on any atom is -0.439 e. The van der Waals surface area contributed by atoms with Crippen molar-refractivity contribution in [2.24, 2.45) is 0 Å². The molecule has 0 unspecified atom stereocenters. The third-order valence-electron chi connectivity index (χ3n) is 4.22. The Morgan fingerprint density at radius 3 is 2.62 bits per heavy atom. The van der Waals surface area contributed by atoms with Crippen molar-refractivity contribution in [3.05, 3.63) is 41.2 Å². The Morgan fingerprint density at radius 1 is 1.00 bits per heavy atom. The highest BCUT2D eigenvalue weighted by molar-refractivity contribution is 5.40. The van der Waals surface area contributed by atoms with Gasteiger partial charge in [-0.15, -0.1) is 0 Å². The molecule has 0 radical (unpaired) electrons. The number of aryl methyl sites for hydroxylation is 2. The Bertz CT molecular complexity index is 680. The molecule has 2 N–H and O–H groups in total. The maximum atomic E-state index is 5.91. The van der Waals surface area contributed by atoms with Crippen LogP contribution in [-0.4, -0.2) is 9.97 Å². The van der Waals surface area contributed by atoms with Crippen LogP contribution >= 0.6 is 0 Å². The average molecular weight is 281 g/mol. The molecule has 1 aromatic heterocycles. The Balaban J connectivity index is 1.60. The molecule has 0 aliphatic heterocycles. The summed E-state index contributed by atoms with van der Waals surface area (Å²) in [5.74, 6) is 3.18. The van der Waals surface area contributed by atoms with Crippen molar-refractivity contribution in [1.29, 1.82) is 0 Å². The van der Waals surface area contributed by atoms with Gasteiger partial charge in [-0.2, -0.15) is 4.98 Å². The van der Waals surface area contributed by atoms with E-state index in [1.54, 1.807) is 6.07 Å². The number of hydrogen-bond donors (Lipinski definition) is 1. The van der Waals surface area contributed by atoms with Crippen LogP contribution in [0.4, 0.5) is 5.82 Å². The van der Waals surface area contributed by atoms with Crippen LogP contribution in [-0.2, 0) is 12.8 Å². The number of nitrogens with zero attached hydrogens (tertiary/aromatic N) is 2. The van der Waals surface area contributed by atoms with Gasteiger partial charge in [0.1, 0.15) is 17.4 Å². The SMILES string of the molecule is Nc1cc(Oc2ccc3c(c2)CCCC3)nc(C2CC2)n1. The summed E-state index contributed by atoms with van der Waals surface area (Å²) >= 11 is 0. The molecule has 1 aromatic carbocycles.